The van der Waals surface area contributed by atoms with Gasteiger partial charge in [0.2, 0.25) is 5.91 Å². The SMILES string of the molecule is CC(C)OCCCCNCc1cc(C(N)=O)ccc1F. The summed E-state index contributed by atoms with van der Waals surface area (Å²) < 4.78 is 19.0. The van der Waals surface area contributed by atoms with Crippen LogP contribution in [0.15, 0.2) is 18.2 Å². The standard InChI is InChI=1S/C15H23FN2O2/c1-11(2)20-8-4-3-7-18-10-13-9-12(15(17)19)5-6-14(13)16/h5-6,9,11,18H,3-4,7-8,10H2,1-2H3,(H2,17,19). The minimum atomic E-state index is -0.544. The summed E-state index contributed by atoms with van der Waals surface area (Å²) in [4.78, 5) is 11.0. The van der Waals surface area contributed by atoms with Gasteiger partial charge in [-0.25, -0.2) is 4.39 Å². The van der Waals surface area contributed by atoms with Crippen molar-refractivity contribution in [2.75, 3.05) is 13.2 Å². The summed E-state index contributed by atoms with van der Waals surface area (Å²) in [6.45, 7) is 5.92. The molecule has 0 saturated heterocycles. The highest BCUT2D eigenvalue weighted by molar-refractivity contribution is 5.92. The van der Waals surface area contributed by atoms with E-state index in [1.807, 2.05) is 13.8 Å². The number of hydrogen-bond acceptors (Lipinski definition) is 3. The molecule has 0 aromatic heterocycles. The summed E-state index contributed by atoms with van der Waals surface area (Å²) in [7, 11) is 0. The van der Waals surface area contributed by atoms with E-state index in [9.17, 15) is 9.18 Å². The molecule has 1 aromatic rings. The van der Waals surface area contributed by atoms with E-state index in [2.05, 4.69) is 5.32 Å². The van der Waals surface area contributed by atoms with Crippen molar-refractivity contribution in [3.63, 3.8) is 0 Å². The molecule has 4 nitrogen and oxygen atoms in total. The van der Waals surface area contributed by atoms with Gasteiger partial charge >= 0.3 is 0 Å². The Labute approximate surface area is 119 Å². The lowest BCUT2D eigenvalue weighted by molar-refractivity contribution is 0.0760. The van der Waals surface area contributed by atoms with Gasteiger partial charge in [0.05, 0.1) is 6.10 Å². The Bertz CT molecular complexity index is 436. The first kappa shape index (κ1) is 16.6. The average molecular weight is 282 g/mol. The second-order valence-corrected chi connectivity index (χ2v) is 4.97. The summed E-state index contributed by atoms with van der Waals surface area (Å²) in [5.74, 6) is -0.872. The van der Waals surface area contributed by atoms with Crippen LogP contribution in [-0.2, 0) is 11.3 Å². The summed E-state index contributed by atoms with van der Waals surface area (Å²) in [5, 5.41) is 3.15. The number of rotatable bonds is 9. The van der Waals surface area contributed by atoms with Gasteiger partial charge < -0.3 is 15.8 Å². The monoisotopic (exact) mass is 282 g/mol. The number of hydrogen-bond donors (Lipinski definition) is 2. The van der Waals surface area contributed by atoms with Gasteiger partial charge in [0, 0.05) is 24.3 Å². The molecule has 112 valence electrons. The molecule has 1 aromatic carbocycles. The number of nitrogens with one attached hydrogen (secondary N) is 1. The molecule has 0 spiro atoms. The van der Waals surface area contributed by atoms with Crippen molar-refractivity contribution in [1.29, 1.82) is 0 Å². The first-order valence-electron chi connectivity index (χ1n) is 6.91. The smallest absolute Gasteiger partial charge is 0.248 e. The van der Waals surface area contributed by atoms with Gasteiger partial charge in [0.25, 0.3) is 0 Å². The Balaban J connectivity index is 2.28. The van der Waals surface area contributed by atoms with Crippen molar-refractivity contribution in [2.24, 2.45) is 5.73 Å². The Hall–Kier alpha value is -1.46. The minimum absolute atomic E-state index is 0.258. The third kappa shape index (κ3) is 6.12. The van der Waals surface area contributed by atoms with Crippen LogP contribution in [0.1, 0.15) is 42.6 Å². The maximum absolute atomic E-state index is 13.5. The minimum Gasteiger partial charge on any atom is -0.379 e. The van der Waals surface area contributed by atoms with Crippen LogP contribution in [0, 0.1) is 5.82 Å². The van der Waals surface area contributed by atoms with Crippen LogP contribution in [-0.4, -0.2) is 25.2 Å². The van der Waals surface area contributed by atoms with Crippen LogP contribution in [0.4, 0.5) is 4.39 Å². The lowest BCUT2D eigenvalue weighted by Gasteiger charge is -2.09. The number of unbranched alkanes of at least 4 members (excludes halogenated alkanes) is 1. The van der Waals surface area contributed by atoms with Crippen LogP contribution in [0.5, 0.6) is 0 Å². The third-order valence-corrected chi connectivity index (χ3v) is 2.84. The fourth-order valence-electron chi connectivity index (χ4n) is 1.76. The van der Waals surface area contributed by atoms with E-state index in [1.54, 1.807) is 0 Å². The molecule has 0 aliphatic carbocycles. The Morgan fingerprint density at radius 3 is 2.80 bits per heavy atom. The van der Waals surface area contributed by atoms with Crippen molar-refractivity contribution in [3.05, 3.63) is 35.1 Å². The number of halogens is 1. The Morgan fingerprint density at radius 2 is 2.15 bits per heavy atom. The summed E-state index contributed by atoms with van der Waals surface area (Å²) in [6.07, 6.45) is 2.19. The Kier molecular flexibility index (Phi) is 7.18. The van der Waals surface area contributed by atoms with Crippen molar-refractivity contribution >= 4 is 5.91 Å². The average Bonchev–Trinajstić information content (AvgIpc) is 2.38. The molecule has 0 aliphatic heterocycles. The molecule has 3 N–H and O–H groups in total. The fraction of sp³-hybridized carbons (Fsp3) is 0.533. The highest BCUT2D eigenvalue weighted by atomic mass is 19.1. The van der Waals surface area contributed by atoms with E-state index in [-0.39, 0.29) is 11.9 Å². The van der Waals surface area contributed by atoms with Crippen molar-refractivity contribution in [1.82, 2.24) is 5.32 Å². The summed E-state index contributed by atoms with van der Waals surface area (Å²) in [5.41, 5.74) is 5.96. The number of primary amides is 1. The third-order valence-electron chi connectivity index (χ3n) is 2.84. The van der Waals surface area contributed by atoms with Crippen molar-refractivity contribution in [3.8, 4) is 0 Å². The van der Waals surface area contributed by atoms with Gasteiger partial charge in [0.1, 0.15) is 5.82 Å². The largest absolute Gasteiger partial charge is 0.379 e. The number of amides is 1. The molecule has 0 fully saturated rings. The molecule has 0 unspecified atom stereocenters. The molecule has 20 heavy (non-hydrogen) atoms. The summed E-state index contributed by atoms with van der Waals surface area (Å²) in [6, 6.07) is 4.16. The molecule has 0 heterocycles. The number of nitrogens with two attached hydrogens (primary N) is 1. The van der Waals surface area contributed by atoms with Gasteiger partial charge in [-0.05, 0) is 51.4 Å². The second kappa shape index (κ2) is 8.66. The normalized spacial score (nSPS) is 11.0. The lowest BCUT2D eigenvalue weighted by Crippen LogP contribution is -2.18. The molecular weight excluding hydrogens is 259 g/mol. The van der Waals surface area contributed by atoms with E-state index in [0.29, 0.717) is 17.7 Å². The first-order valence-corrected chi connectivity index (χ1v) is 6.91. The maximum Gasteiger partial charge on any atom is 0.248 e. The van der Waals surface area contributed by atoms with Gasteiger partial charge in [-0.15, -0.1) is 0 Å². The van der Waals surface area contributed by atoms with Crippen molar-refractivity contribution < 1.29 is 13.9 Å². The maximum atomic E-state index is 13.5. The molecule has 0 saturated carbocycles. The van der Waals surface area contributed by atoms with Crippen LogP contribution >= 0.6 is 0 Å². The zero-order valence-corrected chi connectivity index (χ0v) is 12.1. The number of carbonyl (C=O) groups is 1. The lowest BCUT2D eigenvalue weighted by atomic mass is 10.1. The van der Waals surface area contributed by atoms with E-state index in [0.717, 1.165) is 26.0 Å². The molecule has 5 heteroatoms. The quantitative estimate of drug-likeness (QED) is 0.683. The van der Waals surface area contributed by atoms with E-state index in [4.69, 9.17) is 10.5 Å². The highest BCUT2D eigenvalue weighted by Gasteiger charge is 2.06. The molecule has 1 rings (SSSR count). The summed E-state index contributed by atoms with van der Waals surface area (Å²) >= 11 is 0. The number of ether oxygens (including phenoxy) is 1. The van der Waals surface area contributed by atoms with Crippen LogP contribution in [0.3, 0.4) is 0 Å². The topological polar surface area (TPSA) is 64.3 Å². The van der Waals surface area contributed by atoms with Crippen molar-refractivity contribution in [2.45, 2.75) is 39.3 Å². The zero-order valence-electron chi connectivity index (χ0n) is 12.1. The Morgan fingerprint density at radius 1 is 1.40 bits per heavy atom. The van der Waals surface area contributed by atoms with Gasteiger partial charge in [0.15, 0.2) is 0 Å². The molecule has 0 aliphatic rings. The van der Waals surface area contributed by atoms with E-state index < -0.39 is 5.91 Å². The number of benzene rings is 1. The predicted octanol–water partition coefficient (Wildman–Crippen LogP) is 2.22. The first-order chi connectivity index (χ1) is 9.50. The van der Waals surface area contributed by atoms with Gasteiger partial charge in [-0.3, -0.25) is 4.79 Å². The van der Waals surface area contributed by atoms with Crippen LogP contribution in [0.25, 0.3) is 0 Å². The molecule has 0 bridgehead atoms. The number of carbonyl (C=O) groups excluding carboxylic acids is 1. The molecule has 1 amide bonds. The van der Waals surface area contributed by atoms with E-state index >= 15 is 0 Å². The zero-order chi connectivity index (χ0) is 15.0. The highest BCUT2D eigenvalue weighted by Crippen LogP contribution is 2.10. The second-order valence-electron chi connectivity index (χ2n) is 4.97. The molecule has 0 radical (unpaired) electrons. The van der Waals surface area contributed by atoms with E-state index in [1.165, 1.54) is 18.2 Å². The van der Waals surface area contributed by atoms with Crippen LogP contribution < -0.4 is 11.1 Å². The van der Waals surface area contributed by atoms with Crippen LogP contribution in [0.2, 0.25) is 0 Å². The fourth-order valence-corrected chi connectivity index (χ4v) is 1.76. The molecule has 0 atom stereocenters. The molecular formula is C15H23FN2O2. The van der Waals surface area contributed by atoms with Gasteiger partial charge in [-0.2, -0.15) is 0 Å². The predicted molar refractivity (Wildman–Crippen MR) is 76.9 cm³/mol. The van der Waals surface area contributed by atoms with Gasteiger partial charge in [-0.1, -0.05) is 0 Å².